The first-order chi connectivity index (χ1) is 10.4. The van der Waals surface area contributed by atoms with Gasteiger partial charge in [0.1, 0.15) is 0 Å². The topological polar surface area (TPSA) is 35.5 Å². The first-order valence-corrected chi connectivity index (χ1v) is 7.25. The van der Waals surface area contributed by atoms with E-state index >= 15 is 0 Å². The molecule has 0 aliphatic carbocycles. The second kappa shape index (κ2) is 9.46. The molecule has 6 heteroatoms. The molecule has 0 saturated carbocycles. The number of hydrogen-bond acceptors (Lipinski definition) is 3. The predicted molar refractivity (Wildman–Crippen MR) is 76.2 cm³/mol. The Balaban J connectivity index is 2.12. The molecule has 0 radical (unpaired) electrons. The second-order valence-corrected chi connectivity index (χ2v) is 5.03. The number of carbonyl (C=O) groups is 1. The Hall–Kier alpha value is -1.56. The zero-order chi connectivity index (χ0) is 16.4. The van der Waals surface area contributed by atoms with Crippen LogP contribution >= 0.6 is 0 Å². The normalized spacial score (nSPS) is 12.9. The number of rotatable bonds is 9. The van der Waals surface area contributed by atoms with Gasteiger partial charge in [-0.1, -0.05) is 36.8 Å². The van der Waals surface area contributed by atoms with Gasteiger partial charge in [0.2, 0.25) is 0 Å². The molecule has 0 N–H and O–H groups in total. The summed E-state index contributed by atoms with van der Waals surface area (Å²) in [5.41, 5.74) is 1.06. The monoisotopic (exact) mass is 318 g/mol. The highest BCUT2D eigenvalue weighted by atomic mass is 19.4. The van der Waals surface area contributed by atoms with Crippen LogP contribution in [0.25, 0.3) is 0 Å². The number of benzene rings is 1. The number of alkyl halides is 3. The Morgan fingerprint density at radius 1 is 1.14 bits per heavy atom. The smallest absolute Gasteiger partial charge is 0.425 e. The number of hydrogen-bond donors (Lipinski definition) is 0. The molecule has 124 valence electrons. The summed E-state index contributed by atoms with van der Waals surface area (Å²) in [6.07, 6.45) is -5.10. The maximum atomic E-state index is 12.6. The van der Waals surface area contributed by atoms with E-state index in [1.54, 1.807) is 0 Å². The van der Waals surface area contributed by atoms with Gasteiger partial charge in [0.25, 0.3) is 0 Å². The molecule has 0 aliphatic heterocycles. The minimum atomic E-state index is -4.50. The summed E-state index contributed by atoms with van der Waals surface area (Å²) in [6.45, 7) is 1.98. The van der Waals surface area contributed by atoms with Crippen molar-refractivity contribution < 1.29 is 27.4 Å². The molecule has 0 spiro atoms. The first-order valence-electron chi connectivity index (χ1n) is 7.25. The Kier molecular flexibility index (Phi) is 7.95. The van der Waals surface area contributed by atoms with Gasteiger partial charge in [-0.3, -0.25) is 4.79 Å². The van der Waals surface area contributed by atoms with Crippen LogP contribution in [-0.2, 0) is 20.9 Å². The summed E-state index contributed by atoms with van der Waals surface area (Å²) in [5.74, 6) is -0.909. The van der Waals surface area contributed by atoms with E-state index in [0.717, 1.165) is 12.5 Å². The van der Waals surface area contributed by atoms with E-state index in [9.17, 15) is 18.0 Å². The van der Waals surface area contributed by atoms with E-state index in [2.05, 4.69) is 4.74 Å². The van der Waals surface area contributed by atoms with E-state index in [4.69, 9.17) is 4.74 Å². The molecule has 0 aliphatic rings. The van der Waals surface area contributed by atoms with Gasteiger partial charge >= 0.3 is 12.1 Å². The van der Waals surface area contributed by atoms with Gasteiger partial charge < -0.3 is 9.47 Å². The minimum Gasteiger partial charge on any atom is -0.453 e. The van der Waals surface area contributed by atoms with Crippen LogP contribution in [0.1, 0.15) is 38.2 Å². The van der Waals surface area contributed by atoms with Gasteiger partial charge in [-0.25, -0.2) is 0 Å². The molecule has 0 fully saturated rings. The quantitative estimate of drug-likeness (QED) is 0.504. The van der Waals surface area contributed by atoms with Gasteiger partial charge in [0.15, 0.2) is 6.10 Å². The third-order valence-electron chi connectivity index (χ3n) is 3.04. The van der Waals surface area contributed by atoms with E-state index in [1.807, 2.05) is 30.3 Å². The standard InChI is InChI=1S/C16H21F3O3/c1-13(20)22-15(16(17,18)19)10-6-3-7-11-21-12-14-8-4-2-5-9-14/h2,4-5,8-9,15H,3,6-7,10-12H2,1H3/t15-/m1/s1. The lowest BCUT2D eigenvalue weighted by molar-refractivity contribution is -0.221. The van der Waals surface area contributed by atoms with Crippen molar-refractivity contribution in [3.8, 4) is 0 Å². The van der Waals surface area contributed by atoms with Crippen molar-refractivity contribution in [2.75, 3.05) is 6.61 Å². The molecule has 0 saturated heterocycles. The SMILES string of the molecule is CC(=O)O[C@H](CCCCCOCc1ccccc1)C(F)(F)F. The molecule has 0 bridgehead atoms. The number of carbonyl (C=O) groups excluding carboxylic acids is 1. The number of esters is 1. The van der Waals surface area contributed by atoms with Gasteiger partial charge in [-0.05, 0) is 24.8 Å². The molecule has 1 aromatic rings. The lowest BCUT2D eigenvalue weighted by atomic mass is 10.1. The zero-order valence-electron chi connectivity index (χ0n) is 12.6. The third-order valence-corrected chi connectivity index (χ3v) is 3.04. The predicted octanol–water partition coefficient (Wildman–Crippen LogP) is 4.26. The molecule has 1 rings (SSSR count). The molecule has 0 unspecified atom stereocenters. The summed E-state index contributed by atoms with van der Waals surface area (Å²) in [6, 6.07) is 9.67. The Bertz CT molecular complexity index is 432. The summed E-state index contributed by atoms with van der Waals surface area (Å²) in [7, 11) is 0. The zero-order valence-corrected chi connectivity index (χ0v) is 12.6. The van der Waals surface area contributed by atoms with Crippen molar-refractivity contribution in [2.45, 2.75) is 51.5 Å². The fourth-order valence-electron chi connectivity index (χ4n) is 1.96. The van der Waals surface area contributed by atoms with Crippen LogP contribution in [0.2, 0.25) is 0 Å². The fourth-order valence-corrected chi connectivity index (χ4v) is 1.96. The van der Waals surface area contributed by atoms with Crippen molar-refractivity contribution in [1.29, 1.82) is 0 Å². The third kappa shape index (κ3) is 8.02. The summed E-state index contributed by atoms with van der Waals surface area (Å²) in [5, 5.41) is 0. The number of ether oxygens (including phenoxy) is 2. The van der Waals surface area contributed by atoms with Gasteiger partial charge in [0, 0.05) is 13.5 Å². The van der Waals surface area contributed by atoms with Crippen LogP contribution in [0.15, 0.2) is 30.3 Å². The molecular weight excluding hydrogens is 297 g/mol. The van der Waals surface area contributed by atoms with Crippen LogP contribution in [0.3, 0.4) is 0 Å². The maximum Gasteiger partial charge on any atom is 0.425 e. The largest absolute Gasteiger partial charge is 0.453 e. The van der Waals surface area contributed by atoms with E-state index in [1.165, 1.54) is 0 Å². The average molecular weight is 318 g/mol. The van der Waals surface area contributed by atoms with E-state index in [0.29, 0.717) is 32.5 Å². The van der Waals surface area contributed by atoms with E-state index in [-0.39, 0.29) is 6.42 Å². The lowest BCUT2D eigenvalue weighted by Gasteiger charge is -2.19. The van der Waals surface area contributed by atoms with Crippen molar-refractivity contribution in [1.82, 2.24) is 0 Å². The highest BCUT2D eigenvalue weighted by Crippen LogP contribution is 2.27. The van der Waals surface area contributed by atoms with Gasteiger partial charge in [-0.2, -0.15) is 13.2 Å². The molecule has 22 heavy (non-hydrogen) atoms. The van der Waals surface area contributed by atoms with Crippen LogP contribution in [0, 0.1) is 0 Å². The second-order valence-electron chi connectivity index (χ2n) is 5.03. The van der Waals surface area contributed by atoms with Crippen molar-refractivity contribution in [3.05, 3.63) is 35.9 Å². The lowest BCUT2D eigenvalue weighted by Crippen LogP contribution is -2.33. The highest BCUT2D eigenvalue weighted by molar-refractivity contribution is 5.66. The summed E-state index contributed by atoms with van der Waals surface area (Å²) >= 11 is 0. The fraction of sp³-hybridized carbons (Fsp3) is 0.562. The van der Waals surface area contributed by atoms with Crippen LogP contribution in [0.5, 0.6) is 0 Å². The van der Waals surface area contributed by atoms with Crippen molar-refractivity contribution in [3.63, 3.8) is 0 Å². The first kappa shape index (κ1) is 18.5. The van der Waals surface area contributed by atoms with Crippen LogP contribution in [-0.4, -0.2) is 24.9 Å². The Morgan fingerprint density at radius 3 is 2.41 bits per heavy atom. The van der Waals surface area contributed by atoms with Crippen LogP contribution in [0.4, 0.5) is 13.2 Å². The summed E-state index contributed by atoms with van der Waals surface area (Å²) in [4.78, 5) is 10.7. The van der Waals surface area contributed by atoms with Crippen molar-refractivity contribution >= 4 is 5.97 Å². The Morgan fingerprint density at radius 2 is 1.82 bits per heavy atom. The van der Waals surface area contributed by atoms with Crippen LogP contribution < -0.4 is 0 Å². The molecule has 1 aromatic carbocycles. The molecular formula is C16H21F3O3. The average Bonchev–Trinajstić information content (AvgIpc) is 2.44. The molecule has 0 heterocycles. The van der Waals surface area contributed by atoms with E-state index < -0.39 is 18.2 Å². The number of unbranched alkanes of at least 4 members (excludes halogenated alkanes) is 2. The minimum absolute atomic E-state index is 0.207. The molecule has 0 aromatic heterocycles. The van der Waals surface area contributed by atoms with Gasteiger partial charge in [-0.15, -0.1) is 0 Å². The molecule has 0 amide bonds. The summed E-state index contributed by atoms with van der Waals surface area (Å²) < 4.78 is 47.5. The molecule has 1 atom stereocenters. The maximum absolute atomic E-state index is 12.6. The highest BCUT2D eigenvalue weighted by Gasteiger charge is 2.41. The molecule has 3 nitrogen and oxygen atoms in total. The Labute approximate surface area is 128 Å². The van der Waals surface area contributed by atoms with Crippen molar-refractivity contribution in [2.24, 2.45) is 0 Å². The number of halogens is 3. The van der Waals surface area contributed by atoms with Gasteiger partial charge in [0.05, 0.1) is 6.61 Å².